The number of hydrogen-bond donors (Lipinski definition) is 0. The highest BCUT2D eigenvalue weighted by molar-refractivity contribution is 6.10. The van der Waals surface area contributed by atoms with E-state index in [0.717, 1.165) is 4.57 Å². The van der Waals surface area contributed by atoms with Gasteiger partial charge in [-0.05, 0) is 58.6 Å². The summed E-state index contributed by atoms with van der Waals surface area (Å²) in [5, 5.41) is 0.238. The first-order chi connectivity index (χ1) is 38.2. The van der Waals surface area contributed by atoms with Crippen molar-refractivity contribution in [2.24, 2.45) is 0 Å². The highest BCUT2D eigenvalue weighted by atomic mass is 15.2. The fourth-order valence-corrected chi connectivity index (χ4v) is 6.62. The van der Waals surface area contributed by atoms with Gasteiger partial charge < -0.3 is 4.57 Å². The van der Waals surface area contributed by atoms with E-state index in [2.05, 4.69) is 4.98 Å². The van der Waals surface area contributed by atoms with Gasteiger partial charge in [0, 0.05) is 32.7 Å². The van der Waals surface area contributed by atoms with E-state index in [4.69, 9.17) is 31.9 Å². The molecule has 0 spiro atoms. The van der Waals surface area contributed by atoms with Gasteiger partial charge >= 0.3 is 0 Å². The zero-order chi connectivity index (χ0) is 58.8. The van der Waals surface area contributed by atoms with Crippen LogP contribution in [0, 0.1) is 0 Å². The van der Waals surface area contributed by atoms with Crippen molar-refractivity contribution in [2.75, 3.05) is 0 Å². The molecule has 11 rings (SSSR count). The third-order valence-electron chi connectivity index (χ3n) is 9.02. The Morgan fingerprint density at radius 3 is 1.46 bits per heavy atom. The molecule has 3 heterocycles. The molecule has 262 valence electrons. The molecular formula is C51H33N5. The van der Waals surface area contributed by atoms with Gasteiger partial charge in [-0.3, -0.25) is 4.57 Å². The molecule has 0 aliphatic heterocycles. The standard InChI is InChI=1S/C51H33N5/c1-3-15-34(16-4-1)36-27-29-37(30-28-36)49-52-50(54-51(53-49)56-46-25-13-9-21-41(46)42-22-10-14-26-47(42)56)43-32-31-38(35-17-5-2-6-18-35)33-48(43)55-44-23-11-7-19-39(44)40-20-8-12-24-45(40)55/h1-33H/i1D,2D,3D,4D,5D,6D,7D,8D,11D,12D,15D,16D,17D,18D,19D,20D,23D,24D,27D,28D,29D,30D,31D,32D,33D. The van der Waals surface area contributed by atoms with Crippen LogP contribution in [0.15, 0.2) is 200 Å². The summed E-state index contributed by atoms with van der Waals surface area (Å²) in [5.41, 5.74) is -5.67. The van der Waals surface area contributed by atoms with Gasteiger partial charge in [-0.15, -0.1) is 0 Å². The largest absolute Gasteiger partial charge is 0.308 e. The van der Waals surface area contributed by atoms with Crippen molar-refractivity contribution in [1.82, 2.24) is 24.1 Å². The highest BCUT2D eigenvalue weighted by Crippen LogP contribution is 2.39. The number of nitrogens with zero attached hydrogens (tertiary/aromatic N) is 5. The van der Waals surface area contributed by atoms with Crippen LogP contribution in [-0.2, 0) is 0 Å². The molecule has 0 aliphatic carbocycles. The lowest BCUT2D eigenvalue weighted by atomic mass is 10.0. The van der Waals surface area contributed by atoms with Gasteiger partial charge in [-0.1, -0.05) is 163 Å². The van der Waals surface area contributed by atoms with E-state index in [-0.39, 0.29) is 0 Å². The minimum atomic E-state index is -1.03. The topological polar surface area (TPSA) is 48.5 Å². The zero-order valence-corrected chi connectivity index (χ0v) is 28.4. The van der Waals surface area contributed by atoms with Crippen LogP contribution < -0.4 is 0 Å². The Kier molecular flexibility index (Phi) is 3.64. The predicted molar refractivity (Wildman–Crippen MR) is 230 cm³/mol. The Bertz CT molecular complexity index is 4510. The molecule has 11 aromatic rings. The Morgan fingerprint density at radius 2 is 0.839 bits per heavy atom. The fraction of sp³-hybridized carbons (Fsp3) is 0. The SMILES string of the molecule is [2H]c1c([2H])c([2H])c(-c2c([2H])c([2H])c(-c3nc(-c4c([2H])c([2H])c(-c5c([2H])c([2H])c([2H])c([2H])c5[2H])c([2H])c4-n4c5c([2H])c([2H])c([2H])c([2H])c5c5c([2H])c([2H])c([2H])c([2H])c54)nc(-n4c5ccccc5c5ccccc54)n3)c([2H])c2[2H])c([2H])c1[2H]. The van der Waals surface area contributed by atoms with Crippen LogP contribution in [0.5, 0.6) is 0 Å². The molecule has 0 N–H and O–H groups in total. The lowest BCUT2D eigenvalue weighted by Crippen LogP contribution is -2.08. The summed E-state index contributed by atoms with van der Waals surface area (Å²) in [6.45, 7) is 0. The maximum atomic E-state index is 10.2. The molecule has 3 aromatic heterocycles. The third kappa shape index (κ3) is 5.21. The summed E-state index contributed by atoms with van der Waals surface area (Å²) in [6, 6.07) is -8.63. The van der Waals surface area contributed by atoms with Crippen molar-refractivity contribution in [3.05, 3.63) is 200 Å². The number of aromatic nitrogens is 5. The Balaban J connectivity index is 1.39. The first-order valence-electron chi connectivity index (χ1n) is 29.3. The van der Waals surface area contributed by atoms with E-state index in [9.17, 15) is 12.3 Å². The third-order valence-corrected chi connectivity index (χ3v) is 9.02. The molecular weight excluding hydrogens is 683 g/mol. The van der Waals surface area contributed by atoms with Gasteiger partial charge in [0.25, 0.3) is 0 Å². The maximum absolute atomic E-state index is 10.2. The van der Waals surface area contributed by atoms with Crippen LogP contribution in [-0.4, -0.2) is 24.1 Å². The average Bonchev–Trinajstić information content (AvgIpc) is 4.24. The van der Waals surface area contributed by atoms with Crippen LogP contribution in [0.2, 0.25) is 0 Å². The number of hydrogen-bond acceptors (Lipinski definition) is 3. The Labute approximate surface area is 358 Å². The molecule has 0 fully saturated rings. The highest BCUT2D eigenvalue weighted by Gasteiger charge is 2.22. The van der Waals surface area contributed by atoms with Crippen LogP contribution in [0.4, 0.5) is 0 Å². The molecule has 0 aliphatic rings. The average molecular weight is 741 g/mol. The number of benzene rings is 8. The summed E-state index contributed by atoms with van der Waals surface area (Å²) in [6.07, 6.45) is 0. The molecule has 5 nitrogen and oxygen atoms in total. The van der Waals surface area contributed by atoms with Crippen molar-refractivity contribution in [2.45, 2.75) is 0 Å². The summed E-state index contributed by atoms with van der Waals surface area (Å²) in [4.78, 5) is 14.2. The summed E-state index contributed by atoms with van der Waals surface area (Å²) < 4.78 is 227. The number of fused-ring (bicyclic) bond motifs is 6. The Morgan fingerprint density at radius 1 is 0.357 bits per heavy atom. The molecule has 0 saturated carbocycles. The minimum absolute atomic E-state index is 0.400. The molecule has 0 bridgehead atoms. The fourth-order valence-electron chi connectivity index (χ4n) is 6.62. The molecule has 5 heteroatoms. The molecule has 8 aromatic carbocycles. The molecule has 0 amide bonds. The molecule has 0 unspecified atom stereocenters. The smallest absolute Gasteiger partial charge is 0.238 e. The lowest BCUT2D eigenvalue weighted by molar-refractivity contribution is 0.952. The van der Waals surface area contributed by atoms with Gasteiger partial charge in [0.15, 0.2) is 11.6 Å². The molecule has 56 heavy (non-hydrogen) atoms. The molecule has 0 radical (unpaired) electrons. The van der Waals surface area contributed by atoms with Crippen LogP contribution in [0.25, 0.3) is 100 Å². The second-order valence-corrected chi connectivity index (χ2v) is 12.2. The van der Waals surface area contributed by atoms with Gasteiger partial charge in [-0.25, -0.2) is 4.98 Å². The van der Waals surface area contributed by atoms with Crippen molar-refractivity contribution >= 4 is 43.6 Å². The quantitative estimate of drug-likeness (QED) is 0.171. The molecule has 0 saturated heterocycles. The van der Waals surface area contributed by atoms with Crippen LogP contribution in [0.3, 0.4) is 0 Å². The van der Waals surface area contributed by atoms with E-state index in [1.807, 2.05) is 0 Å². The second-order valence-electron chi connectivity index (χ2n) is 12.2. The van der Waals surface area contributed by atoms with Gasteiger partial charge in [-0.2, -0.15) is 9.97 Å². The van der Waals surface area contributed by atoms with Crippen molar-refractivity contribution < 1.29 is 34.3 Å². The van der Waals surface area contributed by atoms with Crippen molar-refractivity contribution in [3.63, 3.8) is 0 Å². The van der Waals surface area contributed by atoms with Crippen LogP contribution >= 0.6 is 0 Å². The van der Waals surface area contributed by atoms with E-state index in [1.165, 1.54) is 4.57 Å². The van der Waals surface area contributed by atoms with Crippen LogP contribution in [0.1, 0.15) is 34.3 Å². The molecule has 0 atom stereocenters. The van der Waals surface area contributed by atoms with E-state index >= 15 is 0 Å². The van der Waals surface area contributed by atoms with Gasteiger partial charge in [0.05, 0.1) is 62.0 Å². The summed E-state index contributed by atoms with van der Waals surface area (Å²) >= 11 is 0. The Hall–Kier alpha value is -7.63. The first-order valence-corrected chi connectivity index (χ1v) is 16.8. The van der Waals surface area contributed by atoms with E-state index in [0.29, 0.717) is 21.8 Å². The van der Waals surface area contributed by atoms with Crippen molar-refractivity contribution in [3.8, 4) is 56.7 Å². The van der Waals surface area contributed by atoms with E-state index in [1.54, 1.807) is 48.5 Å². The summed E-state index contributed by atoms with van der Waals surface area (Å²) in [7, 11) is 0. The van der Waals surface area contributed by atoms with Gasteiger partial charge in [0.1, 0.15) is 0 Å². The van der Waals surface area contributed by atoms with E-state index < -0.39 is 230 Å². The minimum Gasteiger partial charge on any atom is -0.308 e. The summed E-state index contributed by atoms with van der Waals surface area (Å²) in [5.74, 6) is -1.89. The number of rotatable bonds is 6. The number of para-hydroxylation sites is 4. The maximum Gasteiger partial charge on any atom is 0.238 e. The zero-order valence-electron chi connectivity index (χ0n) is 53.4. The predicted octanol–water partition coefficient (Wildman–Crippen LogP) is 12.7. The second kappa shape index (κ2) is 13.0. The van der Waals surface area contributed by atoms with Crippen molar-refractivity contribution in [1.29, 1.82) is 0 Å². The lowest BCUT2D eigenvalue weighted by Gasteiger charge is -2.17. The van der Waals surface area contributed by atoms with Gasteiger partial charge in [0.2, 0.25) is 5.95 Å². The monoisotopic (exact) mass is 740 g/mol. The normalized spacial score (nSPS) is 17.8. The first kappa shape index (κ1) is 15.6.